The van der Waals surface area contributed by atoms with Gasteiger partial charge in [0.15, 0.2) is 0 Å². The Hall–Kier alpha value is -2.68. The van der Waals surface area contributed by atoms with E-state index in [-0.39, 0.29) is 11.7 Å². The van der Waals surface area contributed by atoms with E-state index in [9.17, 15) is 10.1 Å². The summed E-state index contributed by atoms with van der Waals surface area (Å²) >= 11 is 0. The molecule has 1 atom stereocenters. The average Bonchev–Trinajstić information content (AvgIpc) is 2.45. The van der Waals surface area contributed by atoms with Gasteiger partial charge >= 0.3 is 5.69 Å². The van der Waals surface area contributed by atoms with Crippen molar-refractivity contribution in [2.24, 2.45) is 0 Å². The smallest absolute Gasteiger partial charge is 0.311 e. The molecule has 0 spiro atoms. The number of benzene rings is 1. The average molecular weight is 270 g/mol. The minimum absolute atomic E-state index is 0.0454. The monoisotopic (exact) mass is 270 g/mol. The van der Waals surface area contributed by atoms with Gasteiger partial charge in [0.1, 0.15) is 11.9 Å². The molecule has 20 heavy (non-hydrogen) atoms. The van der Waals surface area contributed by atoms with E-state index in [0.717, 1.165) is 0 Å². The molecule has 0 N–H and O–H groups in total. The van der Waals surface area contributed by atoms with Gasteiger partial charge in [-0.3, -0.25) is 10.1 Å². The summed E-state index contributed by atoms with van der Waals surface area (Å²) in [7, 11) is 1.76. The molecule has 1 heterocycles. The minimum Gasteiger partial charge on any atom is -0.365 e. The normalized spacial score (nSPS) is 11.8. The van der Waals surface area contributed by atoms with Crippen LogP contribution in [0.1, 0.15) is 13.3 Å². The zero-order valence-corrected chi connectivity index (χ0v) is 11.3. The second-order valence-corrected chi connectivity index (χ2v) is 4.59. The molecule has 0 aliphatic heterocycles. The topological polar surface area (TPSA) is 83.1 Å². The van der Waals surface area contributed by atoms with Crippen LogP contribution >= 0.6 is 0 Å². The Bertz CT molecular complexity index is 693. The zero-order chi connectivity index (χ0) is 14.7. The molecule has 0 saturated carbocycles. The van der Waals surface area contributed by atoms with Gasteiger partial charge in [-0.25, -0.2) is 4.98 Å². The first-order chi connectivity index (χ1) is 9.56. The Kier molecular flexibility index (Phi) is 3.80. The molecule has 6 heteroatoms. The molecule has 0 fully saturated rings. The van der Waals surface area contributed by atoms with Crippen molar-refractivity contribution in [1.29, 1.82) is 5.26 Å². The lowest BCUT2D eigenvalue weighted by atomic mass is 10.1. The highest BCUT2D eigenvalue weighted by molar-refractivity contribution is 5.96. The van der Waals surface area contributed by atoms with E-state index in [1.165, 1.54) is 6.20 Å². The molecule has 1 unspecified atom stereocenters. The van der Waals surface area contributed by atoms with Crippen molar-refractivity contribution < 1.29 is 4.92 Å². The maximum Gasteiger partial charge on any atom is 0.311 e. The van der Waals surface area contributed by atoms with Crippen molar-refractivity contribution in [1.82, 2.24) is 4.98 Å². The fraction of sp³-hybridized carbons (Fsp3) is 0.286. The highest BCUT2D eigenvalue weighted by atomic mass is 16.6. The Labute approximate surface area is 116 Å². The number of para-hydroxylation sites is 1. The number of nitrogens with zero attached hydrogens (tertiary/aromatic N) is 4. The third kappa shape index (κ3) is 2.38. The number of nitriles is 1. The summed E-state index contributed by atoms with van der Waals surface area (Å²) in [4.78, 5) is 16.7. The maximum atomic E-state index is 11.2. The first-order valence-electron chi connectivity index (χ1n) is 6.18. The van der Waals surface area contributed by atoms with E-state index in [1.807, 2.05) is 25.1 Å². The molecule has 1 aromatic carbocycles. The fourth-order valence-corrected chi connectivity index (χ4v) is 2.11. The third-order valence-electron chi connectivity index (χ3n) is 3.32. The molecule has 6 nitrogen and oxygen atoms in total. The Balaban J connectivity index is 2.67. The number of rotatable bonds is 4. The van der Waals surface area contributed by atoms with E-state index >= 15 is 0 Å². The Morgan fingerprint density at radius 2 is 2.20 bits per heavy atom. The standard InChI is InChI=1S/C14H14N4O2/c1-10(7-8-15)17(2)14-11-5-3-4-6-12(11)16-9-13(14)18(19)20/h3-6,9-10H,7H2,1-2H3. The van der Waals surface area contributed by atoms with Gasteiger partial charge in [-0.1, -0.05) is 18.2 Å². The second kappa shape index (κ2) is 5.53. The van der Waals surface area contributed by atoms with Crippen molar-refractivity contribution in [3.63, 3.8) is 0 Å². The number of hydrogen-bond donors (Lipinski definition) is 0. The van der Waals surface area contributed by atoms with Crippen LogP contribution < -0.4 is 4.90 Å². The van der Waals surface area contributed by atoms with Gasteiger partial charge in [0.05, 0.1) is 22.9 Å². The van der Waals surface area contributed by atoms with Crippen LogP contribution in [0.25, 0.3) is 10.9 Å². The van der Waals surface area contributed by atoms with E-state index in [1.54, 1.807) is 18.0 Å². The van der Waals surface area contributed by atoms with Crippen LogP contribution in [0.15, 0.2) is 30.5 Å². The van der Waals surface area contributed by atoms with E-state index in [0.29, 0.717) is 23.0 Å². The summed E-state index contributed by atoms with van der Waals surface area (Å²) in [6.07, 6.45) is 1.57. The largest absolute Gasteiger partial charge is 0.365 e. The van der Waals surface area contributed by atoms with Gasteiger partial charge in [-0.15, -0.1) is 0 Å². The number of hydrogen-bond acceptors (Lipinski definition) is 5. The summed E-state index contributed by atoms with van der Waals surface area (Å²) in [6, 6.07) is 9.24. The number of pyridine rings is 1. The quantitative estimate of drug-likeness (QED) is 0.630. The number of anilines is 1. The van der Waals surface area contributed by atoms with Crippen LogP contribution in [0.2, 0.25) is 0 Å². The SMILES string of the molecule is CC(CC#N)N(C)c1c([N+](=O)[O-])cnc2ccccc12. The lowest BCUT2D eigenvalue weighted by Gasteiger charge is -2.25. The van der Waals surface area contributed by atoms with Gasteiger partial charge in [-0.05, 0) is 13.0 Å². The van der Waals surface area contributed by atoms with Crippen molar-refractivity contribution in [2.45, 2.75) is 19.4 Å². The van der Waals surface area contributed by atoms with Gasteiger partial charge < -0.3 is 4.90 Å². The zero-order valence-electron chi connectivity index (χ0n) is 11.3. The van der Waals surface area contributed by atoms with Crippen molar-refractivity contribution >= 4 is 22.3 Å². The number of aromatic nitrogens is 1. The summed E-state index contributed by atoms with van der Waals surface area (Å²) in [6.45, 7) is 1.86. The molecule has 0 radical (unpaired) electrons. The van der Waals surface area contributed by atoms with Crippen molar-refractivity contribution in [2.75, 3.05) is 11.9 Å². The van der Waals surface area contributed by atoms with Crippen LogP contribution in [0, 0.1) is 21.4 Å². The summed E-state index contributed by atoms with van der Waals surface area (Å²) in [5.41, 5.74) is 1.16. The highest BCUT2D eigenvalue weighted by Gasteiger charge is 2.23. The summed E-state index contributed by atoms with van der Waals surface area (Å²) in [5, 5.41) is 20.7. The third-order valence-corrected chi connectivity index (χ3v) is 3.32. The first-order valence-corrected chi connectivity index (χ1v) is 6.18. The fourth-order valence-electron chi connectivity index (χ4n) is 2.11. The molecule has 1 aromatic heterocycles. The lowest BCUT2D eigenvalue weighted by molar-refractivity contribution is -0.384. The summed E-state index contributed by atoms with van der Waals surface area (Å²) in [5.74, 6) is 0. The van der Waals surface area contributed by atoms with Gasteiger partial charge in [0.2, 0.25) is 0 Å². The molecule has 0 aliphatic rings. The number of fused-ring (bicyclic) bond motifs is 1. The van der Waals surface area contributed by atoms with Crippen LogP contribution in [-0.2, 0) is 0 Å². The van der Waals surface area contributed by atoms with Crippen LogP contribution in [0.5, 0.6) is 0 Å². The molecule has 2 rings (SSSR count). The van der Waals surface area contributed by atoms with Crippen molar-refractivity contribution in [3.8, 4) is 6.07 Å². The Morgan fingerprint density at radius 3 is 2.85 bits per heavy atom. The Morgan fingerprint density at radius 1 is 1.50 bits per heavy atom. The van der Waals surface area contributed by atoms with Gasteiger partial charge in [-0.2, -0.15) is 5.26 Å². The number of nitro groups is 1. The molecular weight excluding hydrogens is 256 g/mol. The van der Waals surface area contributed by atoms with Crippen LogP contribution in [0.4, 0.5) is 11.4 Å². The predicted molar refractivity (Wildman–Crippen MR) is 76.5 cm³/mol. The highest BCUT2D eigenvalue weighted by Crippen LogP contribution is 2.35. The molecule has 0 bridgehead atoms. The second-order valence-electron chi connectivity index (χ2n) is 4.59. The van der Waals surface area contributed by atoms with Crippen LogP contribution in [0.3, 0.4) is 0 Å². The minimum atomic E-state index is -0.440. The first kappa shape index (κ1) is 13.7. The predicted octanol–water partition coefficient (Wildman–Crippen LogP) is 2.88. The van der Waals surface area contributed by atoms with Gasteiger partial charge in [0.25, 0.3) is 0 Å². The summed E-state index contributed by atoms with van der Waals surface area (Å²) < 4.78 is 0. The van der Waals surface area contributed by atoms with E-state index in [4.69, 9.17) is 5.26 Å². The van der Waals surface area contributed by atoms with Crippen LogP contribution in [-0.4, -0.2) is 23.0 Å². The molecular formula is C14H14N4O2. The maximum absolute atomic E-state index is 11.2. The van der Waals surface area contributed by atoms with Gasteiger partial charge in [0, 0.05) is 18.5 Å². The molecule has 2 aromatic rings. The van der Waals surface area contributed by atoms with Crippen molar-refractivity contribution in [3.05, 3.63) is 40.6 Å². The molecule has 0 aliphatic carbocycles. The van der Waals surface area contributed by atoms with E-state index < -0.39 is 4.92 Å². The molecule has 0 saturated heterocycles. The molecule has 102 valence electrons. The molecule has 0 amide bonds. The lowest BCUT2D eigenvalue weighted by Crippen LogP contribution is -2.29. The van der Waals surface area contributed by atoms with E-state index in [2.05, 4.69) is 11.1 Å².